The van der Waals surface area contributed by atoms with Crippen molar-refractivity contribution >= 4 is 0 Å². The summed E-state index contributed by atoms with van der Waals surface area (Å²) in [5.41, 5.74) is 0.430. The Morgan fingerprint density at radius 2 is 2.32 bits per heavy atom. The third-order valence-electron chi connectivity index (χ3n) is 3.09. The molecule has 1 aliphatic rings. The first kappa shape index (κ1) is 12.3. The number of aromatic nitrogens is 2. The van der Waals surface area contributed by atoms with Gasteiger partial charge in [0.05, 0.1) is 5.60 Å². The Labute approximate surface area is 109 Å². The fraction of sp³-hybridized carbons (Fsp3) is 0.385. The summed E-state index contributed by atoms with van der Waals surface area (Å²) in [6, 6.07) is 6.08. The number of halogens is 1. The molecule has 1 aromatic heterocycles. The van der Waals surface area contributed by atoms with Crippen molar-refractivity contribution < 1.29 is 13.7 Å². The highest BCUT2D eigenvalue weighted by Gasteiger charge is 2.33. The molecular formula is C13H14FN3O2. The second-order valence-electron chi connectivity index (χ2n) is 4.86. The average Bonchev–Trinajstić information content (AvgIpc) is 2.83. The minimum absolute atomic E-state index is 0.159. The SMILES string of the molecule is CC1(OCc2nc(-c3cccc(F)c3)no2)CNC1. The van der Waals surface area contributed by atoms with Crippen LogP contribution in [0.3, 0.4) is 0 Å². The summed E-state index contributed by atoms with van der Waals surface area (Å²) < 4.78 is 23.9. The molecule has 0 amide bonds. The highest BCUT2D eigenvalue weighted by atomic mass is 19.1. The minimum Gasteiger partial charge on any atom is -0.363 e. The van der Waals surface area contributed by atoms with Crippen LogP contribution in [0.15, 0.2) is 28.8 Å². The number of nitrogens with one attached hydrogen (secondary N) is 1. The van der Waals surface area contributed by atoms with Gasteiger partial charge in [-0.25, -0.2) is 4.39 Å². The van der Waals surface area contributed by atoms with Crippen LogP contribution in [0.2, 0.25) is 0 Å². The Kier molecular flexibility index (Phi) is 3.04. The predicted octanol–water partition coefficient (Wildman–Crippen LogP) is 1.75. The molecule has 2 heterocycles. The highest BCUT2D eigenvalue weighted by molar-refractivity contribution is 5.53. The van der Waals surface area contributed by atoms with Crippen molar-refractivity contribution in [3.63, 3.8) is 0 Å². The molecule has 19 heavy (non-hydrogen) atoms. The van der Waals surface area contributed by atoms with Crippen molar-refractivity contribution in [3.8, 4) is 11.4 Å². The Hall–Kier alpha value is -1.79. The summed E-state index contributed by atoms with van der Waals surface area (Å²) >= 11 is 0. The van der Waals surface area contributed by atoms with Crippen molar-refractivity contribution in [2.75, 3.05) is 13.1 Å². The maximum atomic E-state index is 13.1. The maximum absolute atomic E-state index is 13.1. The molecule has 1 saturated heterocycles. The van der Waals surface area contributed by atoms with E-state index in [9.17, 15) is 4.39 Å². The molecule has 1 aromatic carbocycles. The lowest BCUT2D eigenvalue weighted by Gasteiger charge is -2.38. The van der Waals surface area contributed by atoms with Gasteiger partial charge in [0.25, 0.3) is 5.89 Å². The van der Waals surface area contributed by atoms with Gasteiger partial charge in [-0.05, 0) is 19.1 Å². The van der Waals surface area contributed by atoms with Crippen LogP contribution in [0.5, 0.6) is 0 Å². The van der Waals surface area contributed by atoms with Crippen molar-refractivity contribution in [2.24, 2.45) is 0 Å². The molecule has 0 aliphatic carbocycles. The van der Waals surface area contributed by atoms with E-state index < -0.39 is 0 Å². The fourth-order valence-electron chi connectivity index (χ4n) is 1.87. The van der Waals surface area contributed by atoms with E-state index in [-0.39, 0.29) is 18.0 Å². The Bertz CT molecular complexity index is 581. The molecule has 6 heteroatoms. The summed E-state index contributed by atoms with van der Waals surface area (Å²) in [5.74, 6) is 0.440. The summed E-state index contributed by atoms with van der Waals surface area (Å²) in [4.78, 5) is 4.19. The second kappa shape index (κ2) is 4.71. The maximum Gasteiger partial charge on any atom is 0.252 e. The molecule has 0 radical (unpaired) electrons. The van der Waals surface area contributed by atoms with Gasteiger partial charge >= 0.3 is 0 Å². The normalized spacial score (nSPS) is 17.2. The van der Waals surface area contributed by atoms with Crippen LogP contribution < -0.4 is 5.32 Å². The van der Waals surface area contributed by atoms with Crippen LogP contribution in [-0.4, -0.2) is 28.8 Å². The van der Waals surface area contributed by atoms with Crippen LogP contribution >= 0.6 is 0 Å². The van der Waals surface area contributed by atoms with Crippen molar-refractivity contribution in [2.45, 2.75) is 19.1 Å². The third-order valence-corrected chi connectivity index (χ3v) is 3.09. The molecule has 2 aromatic rings. The first-order valence-electron chi connectivity index (χ1n) is 6.08. The van der Waals surface area contributed by atoms with Crippen LogP contribution in [0, 0.1) is 5.82 Å². The van der Waals surface area contributed by atoms with Crippen LogP contribution in [0.25, 0.3) is 11.4 Å². The van der Waals surface area contributed by atoms with Crippen molar-refractivity contribution in [1.82, 2.24) is 15.5 Å². The molecule has 1 aliphatic heterocycles. The molecule has 0 spiro atoms. The average molecular weight is 263 g/mol. The molecule has 1 fully saturated rings. The van der Waals surface area contributed by atoms with Gasteiger partial charge in [0.15, 0.2) is 0 Å². The van der Waals surface area contributed by atoms with Gasteiger partial charge in [0, 0.05) is 18.7 Å². The van der Waals surface area contributed by atoms with Gasteiger partial charge in [0.2, 0.25) is 5.82 Å². The molecule has 100 valence electrons. The summed E-state index contributed by atoms with van der Waals surface area (Å²) in [6.45, 7) is 3.92. The molecule has 3 rings (SSSR count). The van der Waals surface area contributed by atoms with Gasteiger partial charge in [-0.15, -0.1) is 0 Å². The molecule has 0 atom stereocenters. The van der Waals surface area contributed by atoms with Crippen molar-refractivity contribution in [1.29, 1.82) is 0 Å². The molecule has 0 unspecified atom stereocenters. The Morgan fingerprint density at radius 3 is 3.00 bits per heavy atom. The topological polar surface area (TPSA) is 60.2 Å². The van der Waals surface area contributed by atoms with E-state index in [1.54, 1.807) is 12.1 Å². The third kappa shape index (κ3) is 2.64. The lowest BCUT2D eigenvalue weighted by molar-refractivity contribution is -0.0841. The summed E-state index contributed by atoms with van der Waals surface area (Å²) in [6.07, 6.45) is 0. The Balaban J connectivity index is 1.69. The monoisotopic (exact) mass is 263 g/mol. The summed E-state index contributed by atoms with van der Waals surface area (Å²) in [5, 5.41) is 6.97. The zero-order valence-electron chi connectivity index (χ0n) is 10.5. The predicted molar refractivity (Wildman–Crippen MR) is 65.8 cm³/mol. The number of benzene rings is 1. The van der Waals surface area contributed by atoms with E-state index in [0.717, 1.165) is 13.1 Å². The van der Waals surface area contributed by atoms with Gasteiger partial charge in [-0.1, -0.05) is 17.3 Å². The van der Waals surface area contributed by atoms with E-state index >= 15 is 0 Å². The first-order valence-corrected chi connectivity index (χ1v) is 6.08. The fourth-order valence-corrected chi connectivity index (χ4v) is 1.87. The van der Waals surface area contributed by atoms with E-state index in [1.165, 1.54) is 12.1 Å². The largest absolute Gasteiger partial charge is 0.363 e. The van der Waals surface area contributed by atoms with Gasteiger partial charge in [0.1, 0.15) is 12.4 Å². The number of rotatable bonds is 4. The lowest BCUT2D eigenvalue weighted by atomic mass is 10.0. The van der Waals surface area contributed by atoms with Crippen LogP contribution in [0.4, 0.5) is 4.39 Å². The quantitative estimate of drug-likeness (QED) is 0.910. The molecule has 5 nitrogen and oxygen atoms in total. The van der Waals surface area contributed by atoms with Gasteiger partial charge in [-0.2, -0.15) is 4.98 Å². The molecular weight excluding hydrogens is 249 g/mol. The van der Waals surface area contributed by atoms with Crippen LogP contribution in [0.1, 0.15) is 12.8 Å². The minimum atomic E-state index is -0.326. The van der Waals surface area contributed by atoms with Crippen molar-refractivity contribution in [3.05, 3.63) is 36.0 Å². The lowest BCUT2D eigenvalue weighted by Crippen LogP contribution is -2.58. The van der Waals surface area contributed by atoms with Gasteiger partial charge in [-0.3, -0.25) is 0 Å². The number of ether oxygens (including phenoxy) is 1. The van der Waals surface area contributed by atoms with E-state index in [0.29, 0.717) is 17.3 Å². The zero-order chi connectivity index (χ0) is 13.3. The number of nitrogens with zero attached hydrogens (tertiary/aromatic N) is 2. The zero-order valence-corrected chi connectivity index (χ0v) is 10.5. The van der Waals surface area contributed by atoms with Crippen LogP contribution in [-0.2, 0) is 11.3 Å². The standard InChI is InChI=1S/C13H14FN3O2/c1-13(7-15-8-13)18-6-11-16-12(17-19-11)9-3-2-4-10(14)5-9/h2-5,15H,6-8H2,1H3. The smallest absolute Gasteiger partial charge is 0.252 e. The van der Waals surface area contributed by atoms with Gasteiger partial charge < -0.3 is 14.6 Å². The number of hydrogen-bond donors (Lipinski definition) is 1. The summed E-state index contributed by atoms with van der Waals surface area (Å²) in [7, 11) is 0. The molecule has 0 saturated carbocycles. The first-order chi connectivity index (χ1) is 9.15. The number of hydrogen-bond acceptors (Lipinski definition) is 5. The molecule has 0 bridgehead atoms. The van der Waals surface area contributed by atoms with E-state index in [4.69, 9.17) is 9.26 Å². The molecule has 1 N–H and O–H groups in total. The van der Waals surface area contributed by atoms with E-state index in [1.807, 2.05) is 6.92 Å². The Morgan fingerprint density at radius 1 is 1.47 bits per heavy atom. The highest BCUT2D eigenvalue weighted by Crippen LogP contribution is 2.20. The second-order valence-corrected chi connectivity index (χ2v) is 4.86. The van der Waals surface area contributed by atoms with E-state index in [2.05, 4.69) is 15.5 Å².